The van der Waals surface area contributed by atoms with Crippen molar-refractivity contribution in [3.05, 3.63) is 65.9 Å². The Balaban J connectivity index is 1.24. The molecule has 0 radical (unpaired) electrons. The summed E-state index contributed by atoms with van der Waals surface area (Å²) >= 11 is 0. The Morgan fingerprint density at radius 1 is 1.03 bits per heavy atom. The van der Waals surface area contributed by atoms with Crippen molar-refractivity contribution in [2.75, 3.05) is 19.6 Å². The molecule has 0 unspecified atom stereocenters. The number of H-pyrrole nitrogens is 1. The maximum atomic E-state index is 12.9. The Morgan fingerprint density at radius 2 is 1.78 bits per heavy atom. The first-order valence-corrected chi connectivity index (χ1v) is 11.4. The summed E-state index contributed by atoms with van der Waals surface area (Å²) in [4.78, 5) is 32.3. The van der Waals surface area contributed by atoms with Crippen molar-refractivity contribution in [2.24, 2.45) is 0 Å². The van der Waals surface area contributed by atoms with Gasteiger partial charge >= 0.3 is 0 Å². The van der Waals surface area contributed by atoms with Gasteiger partial charge in [0.2, 0.25) is 11.8 Å². The van der Waals surface area contributed by atoms with Gasteiger partial charge in [-0.3, -0.25) is 9.59 Å². The zero-order valence-corrected chi connectivity index (χ0v) is 18.5. The van der Waals surface area contributed by atoms with Crippen LogP contribution in [0.5, 0.6) is 5.75 Å². The van der Waals surface area contributed by atoms with Gasteiger partial charge in [-0.05, 0) is 24.1 Å². The molecule has 166 valence electrons. The van der Waals surface area contributed by atoms with E-state index in [1.165, 1.54) is 10.9 Å². The number of piperidine rings is 1. The van der Waals surface area contributed by atoms with Crippen LogP contribution in [0.1, 0.15) is 37.3 Å². The zero-order valence-electron chi connectivity index (χ0n) is 18.5. The second-order valence-corrected chi connectivity index (χ2v) is 9.01. The number of hydrogen-bond acceptors (Lipinski definition) is 3. The van der Waals surface area contributed by atoms with Crippen molar-refractivity contribution in [3.63, 3.8) is 0 Å². The minimum Gasteiger partial charge on any atom is -0.485 e. The molecule has 3 aromatic rings. The van der Waals surface area contributed by atoms with Gasteiger partial charge in [0.15, 0.2) is 0 Å². The summed E-state index contributed by atoms with van der Waals surface area (Å²) in [7, 11) is 0. The van der Waals surface area contributed by atoms with Crippen LogP contribution in [0.2, 0.25) is 0 Å². The minimum absolute atomic E-state index is 0.0573. The summed E-state index contributed by atoms with van der Waals surface area (Å²) in [6.07, 6.45) is 4.69. The predicted molar refractivity (Wildman–Crippen MR) is 123 cm³/mol. The number of rotatable bonds is 3. The number of benzene rings is 2. The first kappa shape index (κ1) is 20.6. The monoisotopic (exact) mass is 431 g/mol. The van der Waals surface area contributed by atoms with Gasteiger partial charge in [-0.1, -0.05) is 36.4 Å². The second-order valence-electron chi connectivity index (χ2n) is 9.01. The van der Waals surface area contributed by atoms with Gasteiger partial charge in [-0.15, -0.1) is 0 Å². The third-order valence-corrected chi connectivity index (χ3v) is 6.90. The number of likely N-dealkylation sites (tertiary alicyclic amines) is 1. The number of carbonyl (C=O) groups is 2. The maximum absolute atomic E-state index is 12.9. The lowest BCUT2D eigenvalue weighted by Crippen LogP contribution is -2.55. The highest BCUT2D eigenvalue weighted by molar-refractivity contribution is 5.84. The summed E-state index contributed by atoms with van der Waals surface area (Å²) in [6.45, 7) is 4.06. The van der Waals surface area contributed by atoms with Crippen molar-refractivity contribution >= 4 is 22.7 Å². The van der Waals surface area contributed by atoms with Gasteiger partial charge in [0.05, 0.1) is 6.54 Å². The summed E-state index contributed by atoms with van der Waals surface area (Å²) < 4.78 is 6.52. The fraction of sp³-hybridized carbons (Fsp3) is 0.385. The molecule has 0 aliphatic carbocycles. The fourth-order valence-electron chi connectivity index (χ4n) is 4.99. The highest BCUT2D eigenvalue weighted by atomic mass is 16.5. The maximum Gasteiger partial charge on any atom is 0.222 e. The molecular formula is C26H29N3O3. The molecule has 1 fully saturated rings. The van der Waals surface area contributed by atoms with Gasteiger partial charge < -0.3 is 19.5 Å². The second kappa shape index (κ2) is 8.34. The summed E-state index contributed by atoms with van der Waals surface area (Å²) in [5.74, 6) is 1.10. The van der Waals surface area contributed by atoms with Crippen molar-refractivity contribution in [2.45, 2.75) is 44.8 Å². The van der Waals surface area contributed by atoms with E-state index in [1.54, 1.807) is 6.92 Å². The third-order valence-electron chi connectivity index (χ3n) is 6.90. The molecule has 2 aromatic carbocycles. The molecule has 0 saturated carbocycles. The van der Waals surface area contributed by atoms with Gasteiger partial charge in [0.1, 0.15) is 11.4 Å². The molecule has 0 atom stereocenters. The molecule has 6 heteroatoms. The molecule has 2 aliphatic rings. The average molecular weight is 432 g/mol. The van der Waals surface area contributed by atoms with E-state index in [0.29, 0.717) is 32.6 Å². The van der Waals surface area contributed by atoms with E-state index in [-0.39, 0.29) is 11.8 Å². The van der Waals surface area contributed by atoms with Crippen LogP contribution in [0.25, 0.3) is 10.9 Å². The van der Waals surface area contributed by atoms with Crippen LogP contribution in [0, 0.1) is 0 Å². The number of aromatic nitrogens is 1. The number of nitrogens with one attached hydrogen (secondary N) is 1. The Kier molecular flexibility index (Phi) is 5.37. The van der Waals surface area contributed by atoms with Crippen LogP contribution < -0.4 is 4.74 Å². The van der Waals surface area contributed by atoms with E-state index >= 15 is 0 Å². The number of para-hydroxylation sites is 2. The van der Waals surface area contributed by atoms with Crippen LogP contribution in [0.15, 0.2) is 54.7 Å². The van der Waals surface area contributed by atoms with Crippen LogP contribution in [-0.4, -0.2) is 51.8 Å². The van der Waals surface area contributed by atoms with E-state index < -0.39 is 5.60 Å². The standard InChI is InChI=1S/C26H29N3O3/c1-19(30)29-17-21-6-2-5-9-24(21)32-26(18-29)12-14-28(15-13-26)25(31)11-10-20-16-27-23-8-4-3-7-22(20)23/h2-9,16,27H,10-15,17-18H2,1H3. The van der Waals surface area contributed by atoms with Crippen molar-refractivity contribution < 1.29 is 14.3 Å². The van der Waals surface area contributed by atoms with Crippen molar-refractivity contribution in [3.8, 4) is 5.75 Å². The molecule has 6 nitrogen and oxygen atoms in total. The number of ether oxygens (including phenoxy) is 1. The number of carbonyl (C=O) groups excluding carboxylic acids is 2. The molecule has 1 spiro atoms. The Hall–Kier alpha value is -3.28. The molecule has 1 aromatic heterocycles. The number of nitrogens with zero attached hydrogens (tertiary/aromatic N) is 2. The number of amides is 2. The largest absolute Gasteiger partial charge is 0.485 e. The Labute approximate surface area is 188 Å². The van der Waals surface area contributed by atoms with E-state index in [2.05, 4.69) is 17.1 Å². The SMILES string of the molecule is CC(=O)N1Cc2ccccc2OC2(CCN(C(=O)CCc3c[nH]c4ccccc34)CC2)C1. The topological polar surface area (TPSA) is 65.6 Å². The lowest BCUT2D eigenvalue weighted by molar-refractivity contribution is -0.138. The van der Waals surface area contributed by atoms with Gasteiger partial charge in [0.25, 0.3) is 0 Å². The molecule has 1 saturated heterocycles. The van der Waals surface area contributed by atoms with Gasteiger partial charge in [-0.25, -0.2) is 0 Å². The number of hydrogen-bond donors (Lipinski definition) is 1. The molecule has 3 heterocycles. The smallest absolute Gasteiger partial charge is 0.222 e. The van der Waals surface area contributed by atoms with Crippen LogP contribution in [-0.2, 0) is 22.6 Å². The van der Waals surface area contributed by atoms with Crippen molar-refractivity contribution in [1.82, 2.24) is 14.8 Å². The van der Waals surface area contributed by atoms with E-state index in [0.717, 1.165) is 36.1 Å². The van der Waals surface area contributed by atoms with Gasteiger partial charge in [-0.2, -0.15) is 0 Å². The molecule has 2 aliphatic heterocycles. The van der Waals surface area contributed by atoms with Crippen LogP contribution >= 0.6 is 0 Å². The number of fused-ring (bicyclic) bond motifs is 2. The Morgan fingerprint density at radius 3 is 2.59 bits per heavy atom. The first-order valence-electron chi connectivity index (χ1n) is 11.4. The quantitative estimate of drug-likeness (QED) is 0.684. The normalized spacial score (nSPS) is 17.7. The van der Waals surface area contributed by atoms with E-state index in [9.17, 15) is 9.59 Å². The summed E-state index contributed by atoms with van der Waals surface area (Å²) in [6, 6.07) is 16.2. The predicted octanol–water partition coefficient (Wildman–Crippen LogP) is 3.90. The van der Waals surface area contributed by atoms with Crippen LogP contribution in [0.3, 0.4) is 0 Å². The number of aryl methyl sites for hydroxylation is 1. The minimum atomic E-state index is -0.439. The molecule has 0 bridgehead atoms. The van der Waals surface area contributed by atoms with E-state index in [4.69, 9.17) is 4.74 Å². The molecular weight excluding hydrogens is 402 g/mol. The summed E-state index contributed by atoms with van der Waals surface area (Å²) in [5, 5.41) is 1.19. The highest BCUT2D eigenvalue weighted by Crippen LogP contribution is 2.35. The van der Waals surface area contributed by atoms with E-state index in [1.807, 2.05) is 52.4 Å². The number of aromatic amines is 1. The average Bonchev–Trinajstić information content (AvgIpc) is 3.14. The first-order chi connectivity index (χ1) is 15.5. The highest BCUT2D eigenvalue weighted by Gasteiger charge is 2.42. The molecule has 1 N–H and O–H groups in total. The Bertz CT molecular complexity index is 1140. The third kappa shape index (κ3) is 3.97. The van der Waals surface area contributed by atoms with Crippen LogP contribution in [0.4, 0.5) is 0 Å². The lowest BCUT2D eigenvalue weighted by Gasteiger charge is -2.42. The zero-order chi connectivity index (χ0) is 22.1. The molecule has 32 heavy (non-hydrogen) atoms. The molecule has 5 rings (SSSR count). The van der Waals surface area contributed by atoms with Crippen molar-refractivity contribution in [1.29, 1.82) is 0 Å². The lowest BCUT2D eigenvalue weighted by atomic mass is 9.90. The fourth-order valence-corrected chi connectivity index (χ4v) is 4.99. The van der Waals surface area contributed by atoms with Gasteiger partial charge in [0, 0.05) is 68.5 Å². The summed E-state index contributed by atoms with van der Waals surface area (Å²) in [5.41, 5.74) is 2.89. The molecule has 2 amide bonds.